The SMILES string of the molecule is CCCn1ncc(NCc2ccc(OCC)cc2)c(Cl)c1=O. The molecule has 5 nitrogen and oxygen atoms in total. The van der Waals surface area contributed by atoms with Crippen molar-refractivity contribution in [2.75, 3.05) is 11.9 Å². The van der Waals surface area contributed by atoms with Crippen molar-refractivity contribution in [3.8, 4) is 5.75 Å². The Balaban J connectivity index is 2.05. The van der Waals surface area contributed by atoms with E-state index in [4.69, 9.17) is 16.3 Å². The maximum Gasteiger partial charge on any atom is 0.287 e. The van der Waals surface area contributed by atoms with E-state index in [-0.39, 0.29) is 10.6 Å². The summed E-state index contributed by atoms with van der Waals surface area (Å²) in [5.41, 5.74) is 1.35. The van der Waals surface area contributed by atoms with Gasteiger partial charge in [-0.3, -0.25) is 4.79 Å². The van der Waals surface area contributed by atoms with Crippen LogP contribution in [0.1, 0.15) is 25.8 Å². The lowest BCUT2D eigenvalue weighted by atomic mass is 10.2. The van der Waals surface area contributed by atoms with Gasteiger partial charge in [0.2, 0.25) is 0 Å². The molecule has 0 fully saturated rings. The number of hydrogen-bond acceptors (Lipinski definition) is 4. The molecule has 0 atom stereocenters. The number of halogens is 1. The van der Waals surface area contributed by atoms with Gasteiger partial charge in [0, 0.05) is 13.1 Å². The molecule has 118 valence electrons. The highest BCUT2D eigenvalue weighted by atomic mass is 35.5. The van der Waals surface area contributed by atoms with Crippen molar-refractivity contribution in [2.24, 2.45) is 0 Å². The van der Waals surface area contributed by atoms with Gasteiger partial charge in [0.25, 0.3) is 5.56 Å². The number of hydrogen-bond donors (Lipinski definition) is 1. The third kappa shape index (κ3) is 4.01. The number of aromatic nitrogens is 2. The second kappa shape index (κ2) is 7.84. The van der Waals surface area contributed by atoms with E-state index in [2.05, 4.69) is 10.4 Å². The lowest BCUT2D eigenvalue weighted by molar-refractivity contribution is 0.340. The van der Waals surface area contributed by atoms with Crippen molar-refractivity contribution >= 4 is 17.3 Å². The molecule has 2 rings (SSSR count). The van der Waals surface area contributed by atoms with Crippen LogP contribution in [0.2, 0.25) is 5.02 Å². The Bertz CT molecular complexity index is 668. The van der Waals surface area contributed by atoms with Crippen LogP contribution in [-0.2, 0) is 13.1 Å². The summed E-state index contributed by atoms with van der Waals surface area (Å²) in [6, 6.07) is 7.77. The van der Waals surface area contributed by atoms with Crippen LogP contribution >= 0.6 is 11.6 Å². The Morgan fingerprint density at radius 2 is 2.00 bits per heavy atom. The summed E-state index contributed by atoms with van der Waals surface area (Å²) < 4.78 is 6.78. The summed E-state index contributed by atoms with van der Waals surface area (Å²) in [6.07, 6.45) is 2.43. The minimum atomic E-state index is -0.264. The maximum absolute atomic E-state index is 12.0. The number of rotatable bonds is 7. The molecule has 1 aromatic heterocycles. The van der Waals surface area contributed by atoms with Crippen LogP contribution in [0.3, 0.4) is 0 Å². The fraction of sp³-hybridized carbons (Fsp3) is 0.375. The topological polar surface area (TPSA) is 56.1 Å². The number of benzene rings is 1. The van der Waals surface area contributed by atoms with Gasteiger partial charge in [0.15, 0.2) is 0 Å². The Kier molecular flexibility index (Phi) is 5.83. The minimum Gasteiger partial charge on any atom is -0.494 e. The third-order valence-electron chi connectivity index (χ3n) is 3.14. The van der Waals surface area contributed by atoms with Gasteiger partial charge in [-0.2, -0.15) is 5.10 Å². The first-order chi connectivity index (χ1) is 10.7. The summed E-state index contributed by atoms with van der Waals surface area (Å²) in [5.74, 6) is 0.841. The largest absolute Gasteiger partial charge is 0.494 e. The molecule has 0 saturated heterocycles. The molecule has 0 radical (unpaired) electrons. The molecule has 0 aliphatic rings. The average Bonchev–Trinajstić information content (AvgIpc) is 2.53. The molecule has 1 N–H and O–H groups in total. The molecule has 0 amide bonds. The van der Waals surface area contributed by atoms with E-state index < -0.39 is 0 Å². The molecule has 6 heteroatoms. The zero-order valence-electron chi connectivity index (χ0n) is 12.8. The lowest BCUT2D eigenvalue weighted by Gasteiger charge is -2.10. The van der Waals surface area contributed by atoms with Crippen molar-refractivity contribution < 1.29 is 4.74 Å². The quantitative estimate of drug-likeness (QED) is 0.850. The highest BCUT2D eigenvalue weighted by Crippen LogP contribution is 2.18. The highest BCUT2D eigenvalue weighted by molar-refractivity contribution is 6.32. The summed E-state index contributed by atoms with van der Waals surface area (Å²) in [5, 5.41) is 7.43. The summed E-state index contributed by atoms with van der Waals surface area (Å²) in [7, 11) is 0. The van der Waals surface area contributed by atoms with Gasteiger partial charge in [-0.25, -0.2) is 4.68 Å². The molecule has 1 heterocycles. The number of nitrogens with zero attached hydrogens (tertiary/aromatic N) is 2. The van der Waals surface area contributed by atoms with Gasteiger partial charge in [-0.1, -0.05) is 30.7 Å². The molecule has 2 aromatic rings. The average molecular weight is 322 g/mol. The zero-order chi connectivity index (χ0) is 15.9. The van der Waals surface area contributed by atoms with Crippen LogP contribution in [0.15, 0.2) is 35.3 Å². The van der Waals surface area contributed by atoms with E-state index in [1.165, 1.54) is 4.68 Å². The molecule has 0 bridgehead atoms. The number of nitrogens with one attached hydrogen (secondary N) is 1. The Hall–Kier alpha value is -2.01. The molecule has 0 unspecified atom stereocenters. The van der Waals surface area contributed by atoms with Gasteiger partial charge >= 0.3 is 0 Å². The predicted octanol–water partition coefficient (Wildman–Crippen LogP) is 3.32. The van der Waals surface area contributed by atoms with E-state index in [0.717, 1.165) is 17.7 Å². The Morgan fingerprint density at radius 3 is 2.64 bits per heavy atom. The first kappa shape index (κ1) is 16.4. The maximum atomic E-state index is 12.0. The van der Waals surface area contributed by atoms with E-state index in [1.807, 2.05) is 38.1 Å². The smallest absolute Gasteiger partial charge is 0.287 e. The minimum absolute atomic E-state index is 0.175. The summed E-state index contributed by atoms with van der Waals surface area (Å²) in [4.78, 5) is 12.0. The standard InChI is InChI=1S/C16H20ClN3O2/c1-3-9-20-16(21)15(17)14(11-19-20)18-10-12-5-7-13(8-6-12)22-4-2/h5-8,11,18H,3-4,9-10H2,1-2H3. The van der Waals surface area contributed by atoms with Crippen LogP contribution in [0.25, 0.3) is 0 Å². The molecule has 1 aromatic carbocycles. The predicted molar refractivity (Wildman–Crippen MR) is 88.7 cm³/mol. The summed E-state index contributed by atoms with van der Waals surface area (Å²) >= 11 is 6.11. The number of anilines is 1. The second-order valence-corrected chi connectivity index (χ2v) is 5.21. The highest BCUT2D eigenvalue weighted by Gasteiger charge is 2.08. The monoisotopic (exact) mass is 321 g/mol. The van der Waals surface area contributed by atoms with Crippen molar-refractivity contribution in [1.82, 2.24) is 9.78 Å². The van der Waals surface area contributed by atoms with Crippen LogP contribution in [-0.4, -0.2) is 16.4 Å². The normalized spacial score (nSPS) is 10.5. The van der Waals surface area contributed by atoms with Crippen LogP contribution in [0.5, 0.6) is 5.75 Å². The van der Waals surface area contributed by atoms with Crippen molar-refractivity contribution in [2.45, 2.75) is 33.4 Å². The fourth-order valence-corrected chi connectivity index (χ4v) is 2.24. The molecular formula is C16H20ClN3O2. The van der Waals surface area contributed by atoms with Crippen LogP contribution < -0.4 is 15.6 Å². The first-order valence-electron chi connectivity index (χ1n) is 7.37. The van der Waals surface area contributed by atoms with E-state index >= 15 is 0 Å². The van der Waals surface area contributed by atoms with Gasteiger partial charge in [-0.15, -0.1) is 0 Å². The van der Waals surface area contributed by atoms with Crippen molar-refractivity contribution in [1.29, 1.82) is 0 Å². The zero-order valence-corrected chi connectivity index (χ0v) is 13.6. The fourth-order valence-electron chi connectivity index (χ4n) is 2.03. The van der Waals surface area contributed by atoms with Crippen molar-refractivity contribution in [3.05, 3.63) is 51.4 Å². The second-order valence-electron chi connectivity index (χ2n) is 4.83. The number of aryl methyl sites for hydroxylation is 1. The molecule has 0 saturated carbocycles. The van der Waals surface area contributed by atoms with E-state index in [9.17, 15) is 4.79 Å². The first-order valence-corrected chi connectivity index (χ1v) is 7.74. The van der Waals surface area contributed by atoms with Gasteiger partial charge in [0.1, 0.15) is 10.8 Å². The molecule has 0 aliphatic carbocycles. The third-order valence-corrected chi connectivity index (χ3v) is 3.50. The van der Waals surface area contributed by atoms with Gasteiger partial charge in [0.05, 0.1) is 18.5 Å². The van der Waals surface area contributed by atoms with Gasteiger partial charge < -0.3 is 10.1 Å². The lowest BCUT2D eigenvalue weighted by Crippen LogP contribution is -2.24. The molecular weight excluding hydrogens is 302 g/mol. The molecule has 22 heavy (non-hydrogen) atoms. The van der Waals surface area contributed by atoms with Crippen LogP contribution in [0, 0.1) is 0 Å². The Labute approximate surface area is 134 Å². The van der Waals surface area contributed by atoms with Gasteiger partial charge in [-0.05, 0) is 31.0 Å². The van der Waals surface area contributed by atoms with Crippen molar-refractivity contribution in [3.63, 3.8) is 0 Å². The number of ether oxygens (including phenoxy) is 1. The summed E-state index contributed by atoms with van der Waals surface area (Å²) in [6.45, 7) is 5.71. The molecule has 0 spiro atoms. The molecule has 0 aliphatic heterocycles. The Morgan fingerprint density at radius 1 is 1.27 bits per heavy atom. The van der Waals surface area contributed by atoms with E-state index in [0.29, 0.717) is 25.4 Å². The van der Waals surface area contributed by atoms with E-state index in [1.54, 1.807) is 6.20 Å². The van der Waals surface area contributed by atoms with Crippen LogP contribution in [0.4, 0.5) is 5.69 Å².